The maximum absolute atomic E-state index is 12.3. The van der Waals surface area contributed by atoms with E-state index >= 15 is 0 Å². The number of sulfonamides is 1. The fourth-order valence-electron chi connectivity index (χ4n) is 2.40. The van der Waals surface area contributed by atoms with Crippen molar-refractivity contribution in [3.8, 4) is 0 Å². The van der Waals surface area contributed by atoms with Gasteiger partial charge in [0.1, 0.15) is 0 Å². The zero-order valence-corrected chi connectivity index (χ0v) is 14.9. The predicted octanol–water partition coefficient (Wildman–Crippen LogP) is 2.06. The van der Waals surface area contributed by atoms with Crippen molar-refractivity contribution in [2.75, 3.05) is 5.32 Å². The van der Waals surface area contributed by atoms with Gasteiger partial charge in [-0.25, -0.2) is 17.9 Å². The molecule has 1 heterocycles. The van der Waals surface area contributed by atoms with Gasteiger partial charge in [0.2, 0.25) is 10.0 Å². The Morgan fingerprint density at radius 2 is 1.81 bits per heavy atom. The fraction of sp³-hybridized carbons (Fsp3) is 0.176. The molecule has 8 nitrogen and oxygen atoms in total. The van der Waals surface area contributed by atoms with Gasteiger partial charge < -0.3 is 9.73 Å². The molecule has 0 spiro atoms. The molecule has 9 heteroatoms. The van der Waals surface area contributed by atoms with Crippen molar-refractivity contribution < 1.29 is 17.6 Å². The average Bonchev–Trinajstić information content (AvgIpc) is 2.93. The summed E-state index contributed by atoms with van der Waals surface area (Å²) in [4.78, 5) is 26.1. The van der Waals surface area contributed by atoms with Crippen LogP contribution in [0.5, 0.6) is 0 Å². The maximum Gasteiger partial charge on any atom is 0.417 e. The van der Waals surface area contributed by atoms with E-state index < -0.39 is 21.7 Å². The Bertz CT molecular complexity index is 1110. The SMILES string of the molecule is CC(C)NS(=O)(=O)c1ccc(C(=O)Nc2ccc3oc(=O)[nH]c3c2)cc1. The molecule has 0 unspecified atom stereocenters. The molecule has 0 aliphatic heterocycles. The van der Waals surface area contributed by atoms with Gasteiger partial charge in [0.25, 0.3) is 5.91 Å². The molecule has 3 aromatic rings. The summed E-state index contributed by atoms with van der Waals surface area (Å²) >= 11 is 0. The Labute approximate surface area is 149 Å². The van der Waals surface area contributed by atoms with E-state index in [9.17, 15) is 18.0 Å². The van der Waals surface area contributed by atoms with Gasteiger partial charge in [-0.2, -0.15) is 0 Å². The van der Waals surface area contributed by atoms with Crippen LogP contribution in [0.3, 0.4) is 0 Å². The van der Waals surface area contributed by atoms with Crippen LogP contribution in [0, 0.1) is 0 Å². The van der Waals surface area contributed by atoms with Gasteiger partial charge in [0.15, 0.2) is 5.58 Å². The number of hydrogen-bond donors (Lipinski definition) is 3. The molecule has 1 aromatic heterocycles. The summed E-state index contributed by atoms with van der Waals surface area (Å²) in [6.07, 6.45) is 0. The molecule has 0 fully saturated rings. The van der Waals surface area contributed by atoms with Crippen LogP contribution in [-0.2, 0) is 10.0 Å². The Morgan fingerprint density at radius 1 is 1.12 bits per heavy atom. The number of carbonyl (C=O) groups excluding carboxylic acids is 1. The largest absolute Gasteiger partial charge is 0.417 e. The molecule has 1 amide bonds. The van der Waals surface area contributed by atoms with Crippen molar-refractivity contribution in [2.24, 2.45) is 0 Å². The molecular weight excluding hydrogens is 358 g/mol. The number of oxazole rings is 1. The lowest BCUT2D eigenvalue weighted by molar-refractivity contribution is 0.102. The molecule has 3 rings (SSSR count). The first kappa shape index (κ1) is 17.9. The van der Waals surface area contributed by atoms with Gasteiger partial charge in [-0.1, -0.05) is 0 Å². The number of amides is 1. The standard InChI is InChI=1S/C17H17N3O5S/c1-10(2)20-26(23,24)13-6-3-11(4-7-13)16(21)18-12-5-8-15-14(9-12)19-17(22)25-15/h3-10,20H,1-2H3,(H,18,21)(H,19,22). The summed E-state index contributed by atoms with van der Waals surface area (Å²) in [5.74, 6) is -0.980. The first-order valence-electron chi connectivity index (χ1n) is 7.81. The highest BCUT2D eigenvalue weighted by Gasteiger charge is 2.16. The van der Waals surface area contributed by atoms with E-state index in [0.29, 0.717) is 22.4 Å². The average molecular weight is 375 g/mol. The summed E-state index contributed by atoms with van der Waals surface area (Å²) in [5.41, 5.74) is 1.63. The highest BCUT2D eigenvalue weighted by atomic mass is 32.2. The summed E-state index contributed by atoms with van der Waals surface area (Å²) in [7, 11) is -3.61. The number of anilines is 1. The fourth-order valence-corrected chi connectivity index (χ4v) is 3.65. The molecule has 0 saturated heterocycles. The maximum atomic E-state index is 12.3. The zero-order chi connectivity index (χ0) is 18.9. The smallest absolute Gasteiger partial charge is 0.408 e. The Hall–Kier alpha value is -2.91. The van der Waals surface area contributed by atoms with Gasteiger partial charge in [-0.05, 0) is 56.3 Å². The number of fused-ring (bicyclic) bond motifs is 1. The van der Waals surface area contributed by atoms with E-state index in [1.165, 1.54) is 24.3 Å². The molecule has 0 radical (unpaired) electrons. The van der Waals surface area contributed by atoms with Crippen molar-refractivity contribution in [2.45, 2.75) is 24.8 Å². The van der Waals surface area contributed by atoms with E-state index in [-0.39, 0.29) is 10.9 Å². The van der Waals surface area contributed by atoms with Gasteiger partial charge in [0.05, 0.1) is 10.4 Å². The number of carbonyl (C=O) groups is 1. The third-order valence-electron chi connectivity index (χ3n) is 3.49. The van der Waals surface area contributed by atoms with Crippen LogP contribution in [0.1, 0.15) is 24.2 Å². The van der Waals surface area contributed by atoms with Crippen LogP contribution in [-0.4, -0.2) is 25.4 Å². The number of aromatic amines is 1. The number of hydrogen-bond acceptors (Lipinski definition) is 5. The number of rotatable bonds is 5. The van der Waals surface area contributed by atoms with Crippen molar-refractivity contribution in [3.63, 3.8) is 0 Å². The molecule has 136 valence electrons. The Morgan fingerprint density at radius 3 is 2.46 bits per heavy atom. The van der Waals surface area contributed by atoms with Crippen molar-refractivity contribution in [3.05, 3.63) is 58.6 Å². The van der Waals surface area contributed by atoms with Crippen molar-refractivity contribution in [1.29, 1.82) is 0 Å². The topological polar surface area (TPSA) is 121 Å². The summed E-state index contributed by atoms with van der Waals surface area (Å²) in [6, 6.07) is 10.1. The first-order chi connectivity index (χ1) is 12.2. The highest BCUT2D eigenvalue weighted by molar-refractivity contribution is 7.89. The molecule has 0 aliphatic carbocycles. The number of aromatic nitrogens is 1. The predicted molar refractivity (Wildman–Crippen MR) is 96.7 cm³/mol. The summed E-state index contributed by atoms with van der Waals surface area (Å²) in [5, 5.41) is 2.68. The summed E-state index contributed by atoms with van der Waals surface area (Å²) < 4.78 is 31.6. The van der Waals surface area contributed by atoms with E-state index in [2.05, 4.69) is 15.0 Å². The molecule has 26 heavy (non-hydrogen) atoms. The number of benzene rings is 2. The lowest BCUT2D eigenvalue weighted by atomic mass is 10.2. The lowest BCUT2D eigenvalue weighted by Crippen LogP contribution is -2.30. The Kier molecular flexibility index (Phi) is 4.66. The van der Waals surface area contributed by atoms with E-state index in [1.807, 2.05) is 0 Å². The molecule has 0 atom stereocenters. The monoisotopic (exact) mass is 375 g/mol. The summed E-state index contributed by atoms with van der Waals surface area (Å²) in [6.45, 7) is 3.45. The minimum absolute atomic E-state index is 0.0835. The van der Waals surface area contributed by atoms with E-state index in [1.54, 1.807) is 32.0 Å². The third-order valence-corrected chi connectivity index (χ3v) is 5.17. The van der Waals surface area contributed by atoms with Gasteiger partial charge in [0, 0.05) is 17.3 Å². The molecule has 2 aromatic carbocycles. The second-order valence-corrected chi connectivity index (χ2v) is 7.69. The quantitative estimate of drug-likeness (QED) is 0.630. The third kappa shape index (κ3) is 3.84. The van der Waals surface area contributed by atoms with Crippen LogP contribution < -0.4 is 15.8 Å². The molecular formula is C17H17N3O5S. The second-order valence-electron chi connectivity index (χ2n) is 5.98. The van der Waals surface area contributed by atoms with Gasteiger partial charge >= 0.3 is 5.76 Å². The van der Waals surface area contributed by atoms with E-state index in [0.717, 1.165) is 0 Å². The minimum Gasteiger partial charge on any atom is -0.408 e. The normalized spacial score (nSPS) is 11.8. The van der Waals surface area contributed by atoms with Crippen LogP contribution in [0.4, 0.5) is 5.69 Å². The molecule has 0 bridgehead atoms. The second kappa shape index (κ2) is 6.77. The molecule has 3 N–H and O–H groups in total. The molecule has 0 aliphatic rings. The zero-order valence-electron chi connectivity index (χ0n) is 14.1. The number of H-pyrrole nitrogens is 1. The molecule has 0 saturated carbocycles. The number of nitrogens with one attached hydrogen (secondary N) is 3. The van der Waals surface area contributed by atoms with Crippen molar-refractivity contribution >= 4 is 32.7 Å². The lowest BCUT2D eigenvalue weighted by Gasteiger charge is -2.10. The Balaban J connectivity index is 1.78. The van der Waals surface area contributed by atoms with Gasteiger partial charge in [-0.15, -0.1) is 0 Å². The van der Waals surface area contributed by atoms with E-state index in [4.69, 9.17) is 4.42 Å². The van der Waals surface area contributed by atoms with Crippen LogP contribution in [0.25, 0.3) is 11.1 Å². The highest BCUT2D eigenvalue weighted by Crippen LogP contribution is 2.18. The van der Waals surface area contributed by atoms with Crippen LogP contribution >= 0.6 is 0 Å². The van der Waals surface area contributed by atoms with Crippen LogP contribution in [0.2, 0.25) is 0 Å². The van der Waals surface area contributed by atoms with Crippen LogP contribution in [0.15, 0.2) is 56.6 Å². The minimum atomic E-state index is -3.61. The van der Waals surface area contributed by atoms with Crippen molar-refractivity contribution in [1.82, 2.24) is 9.71 Å². The van der Waals surface area contributed by atoms with Gasteiger partial charge in [-0.3, -0.25) is 9.78 Å². The first-order valence-corrected chi connectivity index (χ1v) is 9.29.